The SMILES string of the molecule is C=C1CCCC(C)(C)C1CCOC(C)=O. The lowest BCUT2D eigenvalue weighted by atomic mass is 9.66. The Kier molecular flexibility index (Phi) is 3.95. The molecule has 0 radical (unpaired) electrons. The molecule has 15 heavy (non-hydrogen) atoms. The number of carbonyl (C=O) groups excluding carboxylic acids is 1. The van der Waals surface area contributed by atoms with Gasteiger partial charge in [0.05, 0.1) is 6.61 Å². The number of ether oxygens (including phenoxy) is 1. The van der Waals surface area contributed by atoms with Crippen LogP contribution in [-0.4, -0.2) is 12.6 Å². The molecule has 1 saturated carbocycles. The fourth-order valence-corrected chi connectivity index (χ4v) is 2.59. The van der Waals surface area contributed by atoms with E-state index in [2.05, 4.69) is 20.4 Å². The number of rotatable bonds is 3. The summed E-state index contributed by atoms with van der Waals surface area (Å²) < 4.78 is 5.01. The van der Waals surface area contributed by atoms with E-state index in [0.29, 0.717) is 17.9 Å². The Labute approximate surface area is 92.7 Å². The van der Waals surface area contributed by atoms with Gasteiger partial charge in [0.25, 0.3) is 0 Å². The van der Waals surface area contributed by atoms with Crippen LogP contribution in [0.3, 0.4) is 0 Å². The van der Waals surface area contributed by atoms with Crippen LogP contribution in [0.15, 0.2) is 12.2 Å². The lowest BCUT2D eigenvalue weighted by Gasteiger charge is -2.40. The summed E-state index contributed by atoms with van der Waals surface area (Å²) in [5.74, 6) is 0.319. The average molecular weight is 210 g/mol. The van der Waals surface area contributed by atoms with E-state index in [1.54, 1.807) is 0 Å². The molecule has 0 saturated heterocycles. The van der Waals surface area contributed by atoms with Crippen LogP contribution in [0.25, 0.3) is 0 Å². The van der Waals surface area contributed by atoms with Crippen molar-refractivity contribution < 1.29 is 9.53 Å². The lowest BCUT2D eigenvalue weighted by molar-refractivity contribution is -0.141. The van der Waals surface area contributed by atoms with Gasteiger partial charge in [-0.2, -0.15) is 0 Å². The van der Waals surface area contributed by atoms with Crippen LogP contribution >= 0.6 is 0 Å². The van der Waals surface area contributed by atoms with Gasteiger partial charge in [-0.15, -0.1) is 0 Å². The third kappa shape index (κ3) is 3.37. The largest absolute Gasteiger partial charge is 0.466 e. The molecular formula is C13H22O2. The summed E-state index contributed by atoms with van der Waals surface area (Å²) in [7, 11) is 0. The molecule has 0 bridgehead atoms. The average Bonchev–Trinajstić information content (AvgIpc) is 2.09. The summed E-state index contributed by atoms with van der Waals surface area (Å²) in [6.45, 7) is 10.7. The highest BCUT2D eigenvalue weighted by Crippen LogP contribution is 2.44. The molecule has 0 aromatic heterocycles. The van der Waals surface area contributed by atoms with Crippen molar-refractivity contribution in [3.63, 3.8) is 0 Å². The zero-order chi connectivity index (χ0) is 11.5. The summed E-state index contributed by atoms with van der Waals surface area (Å²) in [6, 6.07) is 0. The fourth-order valence-electron chi connectivity index (χ4n) is 2.59. The van der Waals surface area contributed by atoms with Crippen LogP contribution in [0.5, 0.6) is 0 Å². The Morgan fingerprint density at radius 2 is 2.27 bits per heavy atom. The standard InChI is InChI=1S/C13H22O2/c1-10-6-5-8-13(3,4)12(10)7-9-15-11(2)14/h12H,1,5-9H2,2-4H3. The van der Waals surface area contributed by atoms with E-state index in [-0.39, 0.29) is 5.97 Å². The molecule has 1 rings (SSSR count). The van der Waals surface area contributed by atoms with Crippen LogP contribution in [-0.2, 0) is 9.53 Å². The first-order valence-corrected chi connectivity index (χ1v) is 5.74. The molecule has 0 aromatic rings. The van der Waals surface area contributed by atoms with Crippen molar-refractivity contribution in [2.75, 3.05) is 6.61 Å². The van der Waals surface area contributed by atoms with Crippen LogP contribution in [0, 0.1) is 11.3 Å². The van der Waals surface area contributed by atoms with E-state index < -0.39 is 0 Å². The highest BCUT2D eigenvalue weighted by atomic mass is 16.5. The number of hydrogen-bond donors (Lipinski definition) is 0. The molecule has 0 amide bonds. The Morgan fingerprint density at radius 3 is 2.80 bits per heavy atom. The van der Waals surface area contributed by atoms with Crippen LogP contribution < -0.4 is 0 Å². The minimum absolute atomic E-state index is 0.186. The predicted octanol–water partition coefficient (Wildman–Crippen LogP) is 3.32. The molecule has 0 spiro atoms. The summed E-state index contributed by atoms with van der Waals surface area (Å²) in [6.07, 6.45) is 4.55. The van der Waals surface area contributed by atoms with Crippen molar-refractivity contribution in [1.29, 1.82) is 0 Å². The molecule has 0 N–H and O–H groups in total. The first-order valence-electron chi connectivity index (χ1n) is 5.74. The van der Waals surface area contributed by atoms with Crippen LogP contribution in [0.1, 0.15) is 46.5 Å². The lowest BCUT2D eigenvalue weighted by Crippen LogP contribution is -2.30. The van der Waals surface area contributed by atoms with E-state index in [1.165, 1.54) is 25.3 Å². The van der Waals surface area contributed by atoms with E-state index in [0.717, 1.165) is 12.8 Å². The topological polar surface area (TPSA) is 26.3 Å². The number of esters is 1. The monoisotopic (exact) mass is 210 g/mol. The van der Waals surface area contributed by atoms with Crippen molar-refractivity contribution >= 4 is 5.97 Å². The first-order chi connectivity index (χ1) is 6.93. The Hall–Kier alpha value is -0.790. The normalized spacial score (nSPS) is 25.0. The number of allylic oxidation sites excluding steroid dienone is 1. The summed E-state index contributed by atoms with van der Waals surface area (Å²) in [5, 5.41) is 0. The van der Waals surface area contributed by atoms with Gasteiger partial charge in [0.15, 0.2) is 0 Å². The van der Waals surface area contributed by atoms with Gasteiger partial charge in [0.2, 0.25) is 0 Å². The molecule has 86 valence electrons. The van der Waals surface area contributed by atoms with Crippen molar-refractivity contribution in [2.24, 2.45) is 11.3 Å². The molecule has 2 heteroatoms. The quantitative estimate of drug-likeness (QED) is 0.527. The zero-order valence-electron chi connectivity index (χ0n) is 10.1. The second kappa shape index (κ2) is 4.82. The van der Waals surface area contributed by atoms with Gasteiger partial charge in [0.1, 0.15) is 0 Å². The highest BCUT2D eigenvalue weighted by molar-refractivity contribution is 5.65. The Balaban J connectivity index is 2.49. The van der Waals surface area contributed by atoms with Gasteiger partial charge in [-0.25, -0.2) is 0 Å². The predicted molar refractivity (Wildman–Crippen MR) is 61.5 cm³/mol. The van der Waals surface area contributed by atoms with Crippen LogP contribution in [0.4, 0.5) is 0 Å². The summed E-state index contributed by atoms with van der Waals surface area (Å²) in [5.41, 5.74) is 1.65. The second-order valence-electron chi connectivity index (χ2n) is 5.18. The third-order valence-electron chi connectivity index (χ3n) is 3.47. The molecule has 1 unspecified atom stereocenters. The van der Waals surface area contributed by atoms with Gasteiger partial charge in [-0.1, -0.05) is 26.0 Å². The minimum Gasteiger partial charge on any atom is -0.466 e. The first kappa shape index (κ1) is 12.3. The fraction of sp³-hybridized carbons (Fsp3) is 0.769. The molecule has 0 heterocycles. The maximum atomic E-state index is 10.7. The molecule has 1 fully saturated rings. The zero-order valence-corrected chi connectivity index (χ0v) is 10.1. The molecule has 0 aliphatic heterocycles. The van der Waals surface area contributed by atoms with E-state index in [9.17, 15) is 4.79 Å². The second-order valence-corrected chi connectivity index (χ2v) is 5.18. The maximum Gasteiger partial charge on any atom is 0.302 e. The number of hydrogen-bond acceptors (Lipinski definition) is 2. The molecule has 0 aromatic carbocycles. The van der Waals surface area contributed by atoms with Gasteiger partial charge in [-0.05, 0) is 37.0 Å². The van der Waals surface area contributed by atoms with Crippen molar-refractivity contribution in [3.8, 4) is 0 Å². The van der Waals surface area contributed by atoms with Crippen molar-refractivity contribution in [3.05, 3.63) is 12.2 Å². The van der Waals surface area contributed by atoms with Crippen molar-refractivity contribution in [1.82, 2.24) is 0 Å². The van der Waals surface area contributed by atoms with E-state index >= 15 is 0 Å². The van der Waals surface area contributed by atoms with Crippen LogP contribution in [0.2, 0.25) is 0 Å². The van der Waals surface area contributed by atoms with E-state index in [4.69, 9.17) is 4.74 Å². The highest BCUT2D eigenvalue weighted by Gasteiger charge is 2.34. The minimum atomic E-state index is -0.186. The maximum absolute atomic E-state index is 10.7. The molecule has 1 atom stereocenters. The molecule has 2 nitrogen and oxygen atoms in total. The Morgan fingerprint density at radius 1 is 1.60 bits per heavy atom. The van der Waals surface area contributed by atoms with Gasteiger partial charge in [0, 0.05) is 6.92 Å². The van der Waals surface area contributed by atoms with Gasteiger partial charge < -0.3 is 4.74 Å². The Bertz CT molecular complexity index is 253. The molecule has 1 aliphatic carbocycles. The number of carbonyl (C=O) groups is 1. The summed E-state index contributed by atoms with van der Waals surface area (Å²) >= 11 is 0. The third-order valence-corrected chi connectivity index (χ3v) is 3.47. The summed E-state index contributed by atoms with van der Waals surface area (Å²) in [4.78, 5) is 10.7. The smallest absolute Gasteiger partial charge is 0.302 e. The van der Waals surface area contributed by atoms with Gasteiger partial charge >= 0.3 is 5.97 Å². The molecule has 1 aliphatic rings. The van der Waals surface area contributed by atoms with Crippen molar-refractivity contribution in [2.45, 2.75) is 46.5 Å². The molecular weight excluding hydrogens is 188 g/mol. The van der Waals surface area contributed by atoms with E-state index in [1.807, 2.05) is 0 Å². The van der Waals surface area contributed by atoms with Gasteiger partial charge in [-0.3, -0.25) is 4.79 Å².